The van der Waals surface area contributed by atoms with Gasteiger partial charge in [0.2, 0.25) is 6.79 Å². The van der Waals surface area contributed by atoms with E-state index in [1.807, 2.05) is 22.8 Å². The Morgan fingerprint density at radius 1 is 0.909 bits per heavy atom. The number of rotatable bonds is 5. The van der Waals surface area contributed by atoms with Gasteiger partial charge in [-0.1, -0.05) is 68.9 Å². The third-order valence-electron chi connectivity index (χ3n) is 5.54. The molecule has 0 radical (unpaired) electrons. The SMILES string of the molecule is CC(C)(C)c1ccc(-c2nnc(SCc3ccc(F)cc3)n2-c2ccc3c(c2)OCO3)cc1. The Kier molecular flexibility index (Phi) is 5.58. The van der Waals surface area contributed by atoms with Gasteiger partial charge in [-0.05, 0) is 40.8 Å². The zero-order valence-electron chi connectivity index (χ0n) is 18.7. The summed E-state index contributed by atoms with van der Waals surface area (Å²) in [6, 6.07) is 20.8. The highest BCUT2D eigenvalue weighted by atomic mass is 32.2. The first-order chi connectivity index (χ1) is 15.9. The van der Waals surface area contributed by atoms with E-state index in [-0.39, 0.29) is 18.0 Å². The van der Waals surface area contributed by atoms with Gasteiger partial charge >= 0.3 is 0 Å². The second kappa shape index (κ2) is 8.56. The van der Waals surface area contributed by atoms with E-state index in [9.17, 15) is 4.39 Å². The molecule has 1 aliphatic heterocycles. The van der Waals surface area contributed by atoms with Gasteiger partial charge in [-0.15, -0.1) is 10.2 Å². The summed E-state index contributed by atoms with van der Waals surface area (Å²) in [6.07, 6.45) is 0. The summed E-state index contributed by atoms with van der Waals surface area (Å²) in [5.41, 5.74) is 4.20. The topological polar surface area (TPSA) is 49.2 Å². The Labute approximate surface area is 196 Å². The van der Waals surface area contributed by atoms with Gasteiger partial charge in [0.25, 0.3) is 0 Å². The van der Waals surface area contributed by atoms with Crippen molar-refractivity contribution in [3.05, 3.63) is 83.7 Å². The maximum absolute atomic E-state index is 13.3. The fourth-order valence-corrected chi connectivity index (χ4v) is 4.56. The smallest absolute Gasteiger partial charge is 0.231 e. The zero-order chi connectivity index (χ0) is 23.0. The van der Waals surface area contributed by atoms with Crippen LogP contribution in [0.2, 0.25) is 0 Å². The monoisotopic (exact) mass is 461 g/mol. The van der Waals surface area contributed by atoms with Crippen LogP contribution in [0.1, 0.15) is 31.9 Å². The Morgan fingerprint density at radius 3 is 2.36 bits per heavy atom. The molecule has 3 aromatic carbocycles. The predicted molar refractivity (Wildman–Crippen MR) is 128 cm³/mol. The summed E-state index contributed by atoms with van der Waals surface area (Å²) in [5, 5.41) is 9.77. The van der Waals surface area contributed by atoms with Crippen LogP contribution >= 0.6 is 11.8 Å². The lowest BCUT2D eigenvalue weighted by atomic mass is 9.87. The number of ether oxygens (including phenoxy) is 2. The fraction of sp³-hybridized carbons (Fsp3) is 0.231. The summed E-state index contributed by atoms with van der Waals surface area (Å²) in [5.74, 6) is 2.57. The molecule has 0 saturated heterocycles. The lowest BCUT2D eigenvalue weighted by Gasteiger charge is -2.19. The van der Waals surface area contributed by atoms with Crippen molar-refractivity contribution >= 4 is 11.8 Å². The normalized spacial score (nSPS) is 12.8. The van der Waals surface area contributed by atoms with Gasteiger partial charge in [-0.3, -0.25) is 4.57 Å². The molecule has 5 nitrogen and oxygen atoms in total. The molecule has 0 aliphatic carbocycles. The summed E-state index contributed by atoms with van der Waals surface area (Å²) < 4.78 is 26.4. The van der Waals surface area contributed by atoms with Crippen LogP contribution < -0.4 is 9.47 Å². The number of aromatic nitrogens is 3. The second-order valence-corrected chi connectivity index (χ2v) is 9.86. The zero-order valence-corrected chi connectivity index (χ0v) is 19.5. The molecule has 0 fully saturated rings. The van der Waals surface area contributed by atoms with Crippen LogP contribution in [-0.4, -0.2) is 21.6 Å². The van der Waals surface area contributed by atoms with Gasteiger partial charge in [-0.2, -0.15) is 0 Å². The van der Waals surface area contributed by atoms with Crippen molar-refractivity contribution < 1.29 is 13.9 Å². The van der Waals surface area contributed by atoms with E-state index in [1.165, 1.54) is 17.7 Å². The maximum atomic E-state index is 13.3. The number of benzene rings is 3. The van der Waals surface area contributed by atoms with Crippen molar-refractivity contribution in [1.82, 2.24) is 14.8 Å². The summed E-state index contributed by atoms with van der Waals surface area (Å²) in [7, 11) is 0. The van der Waals surface area contributed by atoms with Crippen LogP contribution in [0.3, 0.4) is 0 Å². The first kappa shape index (κ1) is 21.5. The molecular weight excluding hydrogens is 437 g/mol. The van der Waals surface area contributed by atoms with E-state index in [0.717, 1.165) is 33.5 Å². The highest BCUT2D eigenvalue weighted by Gasteiger charge is 2.21. The van der Waals surface area contributed by atoms with Gasteiger partial charge in [-0.25, -0.2) is 4.39 Å². The second-order valence-electron chi connectivity index (χ2n) is 8.92. The molecule has 0 atom stereocenters. The van der Waals surface area contributed by atoms with E-state index < -0.39 is 0 Å². The van der Waals surface area contributed by atoms with Crippen LogP contribution in [0.15, 0.2) is 71.9 Å². The number of fused-ring (bicyclic) bond motifs is 1. The quantitative estimate of drug-likeness (QED) is 0.322. The minimum Gasteiger partial charge on any atom is -0.454 e. The average molecular weight is 462 g/mol. The van der Waals surface area contributed by atoms with E-state index in [4.69, 9.17) is 9.47 Å². The molecule has 4 aromatic rings. The number of halogens is 1. The van der Waals surface area contributed by atoms with E-state index in [2.05, 4.69) is 55.2 Å². The summed E-state index contributed by atoms with van der Waals surface area (Å²) in [4.78, 5) is 0. The highest BCUT2D eigenvalue weighted by molar-refractivity contribution is 7.98. The standard InChI is InChI=1S/C26H24FN3O2S/c1-26(2,3)19-8-6-18(7-9-19)24-28-29-25(33-15-17-4-10-20(27)11-5-17)30(24)21-12-13-22-23(14-21)32-16-31-22/h4-14H,15-16H2,1-3H3. The predicted octanol–water partition coefficient (Wildman–Crippen LogP) is 6.39. The van der Waals surface area contributed by atoms with Crippen LogP contribution in [-0.2, 0) is 11.2 Å². The van der Waals surface area contributed by atoms with Gasteiger partial charge in [0, 0.05) is 17.4 Å². The first-order valence-electron chi connectivity index (χ1n) is 10.7. The molecule has 5 rings (SSSR count). The van der Waals surface area contributed by atoms with Gasteiger partial charge in [0.1, 0.15) is 5.82 Å². The van der Waals surface area contributed by atoms with Gasteiger partial charge < -0.3 is 9.47 Å². The van der Waals surface area contributed by atoms with Crippen molar-refractivity contribution in [3.63, 3.8) is 0 Å². The first-order valence-corrected chi connectivity index (χ1v) is 11.7. The minimum absolute atomic E-state index is 0.0691. The lowest BCUT2D eigenvalue weighted by Crippen LogP contribution is -2.10. The van der Waals surface area contributed by atoms with Gasteiger partial charge in [0.05, 0.1) is 5.69 Å². The van der Waals surface area contributed by atoms with Crippen molar-refractivity contribution in [2.24, 2.45) is 0 Å². The van der Waals surface area contributed by atoms with Crippen LogP contribution in [0, 0.1) is 5.82 Å². The minimum atomic E-state index is -0.242. The summed E-state index contributed by atoms with van der Waals surface area (Å²) in [6.45, 7) is 6.80. The third kappa shape index (κ3) is 4.46. The molecule has 0 amide bonds. The van der Waals surface area contributed by atoms with Crippen LogP contribution in [0.25, 0.3) is 17.1 Å². The van der Waals surface area contributed by atoms with Crippen molar-refractivity contribution in [2.45, 2.75) is 37.1 Å². The molecule has 1 aromatic heterocycles. The maximum Gasteiger partial charge on any atom is 0.231 e. The Bertz CT molecular complexity index is 1280. The van der Waals surface area contributed by atoms with Crippen LogP contribution in [0.4, 0.5) is 4.39 Å². The molecule has 2 heterocycles. The molecule has 0 N–H and O–H groups in total. The molecule has 0 bridgehead atoms. The molecule has 168 valence electrons. The molecular formula is C26H24FN3O2S. The average Bonchev–Trinajstić information content (AvgIpc) is 3.44. The van der Waals surface area contributed by atoms with Crippen LogP contribution in [0.5, 0.6) is 11.5 Å². The molecule has 0 unspecified atom stereocenters. The molecule has 33 heavy (non-hydrogen) atoms. The van der Waals surface area contributed by atoms with E-state index >= 15 is 0 Å². The summed E-state index contributed by atoms with van der Waals surface area (Å²) >= 11 is 1.55. The van der Waals surface area contributed by atoms with Crippen molar-refractivity contribution in [1.29, 1.82) is 0 Å². The Balaban J connectivity index is 1.54. The van der Waals surface area contributed by atoms with Crippen molar-refractivity contribution in [3.8, 4) is 28.6 Å². The molecule has 7 heteroatoms. The van der Waals surface area contributed by atoms with Gasteiger partial charge in [0.15, 0.2) is 22.5 Å². The van der Waals surface area contributed by atoms with E-state index in [1.54, 1.807) is 23.9 Å². The largest absolute Gasteiger partial charge is 0.454 e. The number of hydrogen-bond donors (Lipinski definition) is 0. The lowest BCUT2D eigenvalue weighted by molar-refractivity contribution is 0.174. The van der Waals surface area contributed by atoms with Crippen molar-refractivity contribution in [2.75, 3.05) is 6.79 Å². The number of hydrogen-bond acceptors (Lipinski definition) is 5. The van der Waals surface area contributed by atoms with E-state index in [0.29, 0.717) is 11.5 Å². The molecule has 0 spiro atoms. The highest BCUT2D eigenvalue weighted by Crippen LogP contribution is 2.37. The fourth-order valence-electron chi connectivity index (χ4n) is 3.66. The Morgan fingerprint density at radius 2 is 1.64 bits per heavy atom. The third-order valence-corrected chi connectivity index (χ3v) is 6.54. The molecule has 1 aliphatic rings. The molecule has 0 saturated carbocycles. The number of nitrogens with zero attached hydrogens (tertiary/aromatic N) is 3. The number of thioether (sulfide) groups is 1. The Hall–Kier alpha value is -3.32.